The molecule has 1 aliphatic carbocycles. The summed E-state index contributed by atoms with van der Waals surface area (Å²) in [5.74, 6) is 0.00902. The molecule has 0 saturated heterocycles. The van der Waals surface area contributed by atoms with Crippen LogP contribution in [-0.4, -0.2) is 38.4 Å². The smallest absolute Gasteiger partial charge is 0.240 e. The van der Waals surface area contributed by atoms with Crippen LogP contribution in [0.3, 0.4) is 0 Å². The number of hydrogen-bond donors (Lipinski definition) is 1. The van der Waals surface area contributed by atoms with E-state index < -0.39 is 10.0 Å². The van der Waals surface area contributed by atoms with Crippen molar-refractivity contribution in [1.29, 1.82) is 0 Å². The van der Waals surface area contributed by atoms with Crippen molar-refractivity contribution in [2.75, 3.05) is 13.1 Å². The van der Waals surface area contributed by atoms with Crippen molar-refractivity contribution in [3.63, 3.8) is 0 Å². The van der Waals surface area contributed by atoms with Crippen LogP contribution in [0, 0.1) is 0 Å². The Balaban J connectivity index is 1.93. The predicted molar refractivity (Wildman–Crippen MR) is 89.0 cm³/mol. The first kappa shape index (κ1) is 17.4. The van der Waals surface area contributed by atoms with Gasteiger partial charge in [-0.15, -0.1) is 0 Å². The van der Waals surface area contributed by atoms with Crippen molar-refractivity contribution < 1.29 is 13.2 Å². The minimum atomic E-state index is -3.53. The predicted octanol–water partition coefficient (Wildman–Crippen LogP) is 2.52. The van der Waals surface area contributed by atoms with E-state index in [1.54, 1.807) is 36.1 Å². The van der Waals surface area contributed by atoms with Gasteiger partial charge in [0.1, 0.15) is 0 Å². The molecule has 122 valence electrons. The number of halogens is 1. The third-order valence-electron chi connectivity index (χ3n) is 3.94. The van der Waals surface area contributed by atoms with E-state index in [1.807, 2.05) is 0 Å². The van der Waals surface area contributed by atoms with Crippen LogP contribution in [0.4, 0.5) is 0 Å². The van der Waals surface area contributed by atoms with E-state index in [9.17, 15) is 13.2 Å². The molecule has 0 heterocycles. The molecule has 1 N–H and O–H groups in total. The second-order valence-corrected chi connectivity index (χ2v) is 8.19. The highest BCUT2D eigenvalue weighted by Gasteiger charge is 2.24. The second-order valence-electron chi connectivity index (χ2n) is 5.50. The number of nitrogens with zero attached hydrogens (tertiary/aromatic N) is 1. The molecule has 2 rings (SSSR count). The van der Waals surface area contributed by atoms with Gasteiger partial charge < -0.3 is 4.90 Å². The molecule has 7 heteroatoms. The molecule has 0 aromatic heterocycles. The van der Waals surface area contributed by atoms with E-state index in [1.165, 1.54) is 0 Å². The van der Waals surface area contributed by atoms with Crippen LogP contribution in [0.2, 0.25) is 0 Å². The second kappa shape index (κ2) is 7.57. The maximum Gasteiger partial charge on any atom is 0.240 e. The van der Waals surface area contributed by atoms with Crippen molar-refractivity contribution in [2.24, 2.45) is 0 Å². The first-order chi connectivity index (χ1) is 10.4. The van der Waals surface area contributed by atoms with E-state index in [2.05, 4.69) is 20.7 Å². The quantitative estimate of drug-likeness (QED) is 0.813. The lowest BCUT2D eigenvalue weighted by atomic mass is 10.2. The van der Waals surface area contributed by atoms with Crippen LogP contribution in [0.5, 0.6) is 0 Å². The summed E-state index contributed by atoms with van der Waals surface area (Å²) in [6.07, 6.45) is 4.30. The molecule has 0 bridgehead atoms. The zero-order valence-corrected chi connectivity index (χ0v) is 15.0. The zero-order chi connectivity index (χ0) is 16.2. The molecule has 1 fully saturated rings. The maximum atomic E-state index is 12.2. The Morgan fingerprint density at radius 2 is 1.86 bits per heavy atom. The molecular weight excluding hydrogens is 368 g/mol. The number of carbonyl (C=O) groups excluding carboxylic acids is 1. The molecule has 1 aromatic carbocycles. The van der Waals surface area contributed by atoms with E-state index in [0.717, 1.165) is 30.2 Å². The summed E-state index contributed by atoms with van der Waals surface area (Å²) in [6.45, 7) is 2.19. The summed E-state index contributed by atoms with van der Waals surface area (Å²) < 4.78 is 27.8. The Morgan fingerprint density at radius 3 is 2.41 bits per heavy atom. The van der Waals surface area contributed by atoms with Crippen molar-refractivity contribution in [3.05, 3.63) is 28.7 Å². The molecular formula is C15H21BrN2O3S. The standard InChI is InChI=1S/C15H21BrN2O3S/c1-12(19)18(14-4-2-3-5-14)11-10-17-22(20,21)15-8-6-13(16)7-9-15/h6-9,14,17H,2-5,10-11H2,1H3. The fourth-order valence-corrected chi connectivity index (χ4v) is 4.10. The normalized spacial score (nSPS) is 15.9. The molecule has 1 amide bonds. The zero-order valence-electron chi connectivity index (χ0n) is 12.6. The highest BCUT2D eigenvalue weighted by atomic mass is 79.9. The topological polar surface area (TPSA) is 66.5 Å². The molecule has 0 unspecified atom stereocenters. The number of nitrogens with one attached hydrogen (secondary N) is 1. The highest BCUT2D eigenvalue weighted by molar-refractivity contribution is 9.10. The van der Waals surface area contributed by atoms with E-state index >= 15 is 0 Å². The van der Waals surface area contributed by atoms with Gasteiger partial charge in [-0.3, -0.25) is 4.79 Å². The van der Waals surface area contributed by atoms with Crippen molar-refractivity contribution in [3.8, 4) is 0 Å². The van der Waals surface area contributed by atoms with Gasteiger partial charge in [0.25, 0.3) is 0 Å². The molecule has 1 aromatic rings. The van der Waals surface area contributed by atoms with E-state index in [4.69, 9.17) is 0 Å². The van der Waals surface area contributed by atoms with Gasteiger partial charge in [-0.05, 0) is 37.1 Å². The van der Waals surface area contributed by atoms with Gasteiger partial charge in [0.2, 0.25) is 15.9 Å². The summed E-state index contributed by atoms with van der Waals surface area (Å²) in [6, 6.07) is 6.73. The number of hydrogen-bond acceptors (Lipinski definition) is 3. The van der Waals surface area contributed by atoms with Gasteiger partial charge >= 0.3 is 0 Å². The van der Waals surface area contributed by atoms with Crippen LogP contribution in [-0.2, 0) is 14.8 Å². The summed E-state index contributed by atoms with van der Waals surface area (Å²) in [5.41, 5.74) is 0. The average Bonchev–Trinajstić information content (AvgIpc) is 2.97. The van der Waals surface area contributed by atoms with E-state index in [0.29, 0.717) is 6.54 Å². The molecule has 0 radical (unpaired) electrons. The van der Waals surface area contributed by atoms with Crippen LogP contribution in [0.25, 0.3) is 0 Å². The maximum absolute atomic E-state index is 12.2. The Labute approximate surface area is 140 Å². The van der Waals surface area contributed by atoms with Crippen LogP contribution in [0.15, 0.2) is 33.6 Å². The van der Waals surface area contributed by atoms with Gasteiger partial charge in [-0.2, -0.15) is 0 Å². The number of benzene rings is 1. The molecule has 0 atom stereocenters. The lowest BCUT2D eigenvalue weighted by Gasteiger charge is -2.27. The van der Waals surface area contributed by atoms with E-state index in [-0.39, 0.29) is 23.4 Å². The van der Waals surface area contributed by atoms with Crippen molar-refractivity contribution in [2.45, 2.75) is 43.5 Å². The monoisotopic (exact) mass is 388 g/mol. The summed E-state index contributed by atoms with van der Waals surface area (Å²) in [7, 11) is -3.53. The lowest BCUT2D eigenvalue weighted by Crippen LogP contribution is -2.42. The third kappa shape index (κ3) is 4.54. The van der Waals surface area contributed by atoms with Crippen molar-refractivity contribution >= 4 is 31.9 Å². The fourth-order valence-electron chi connectivity index (χ4n) is 2.81. The first-order valence-electron chi connectivity index (χ1n) is 7.42. The summed E-state index contributed by atoms with van der Waals surface area (Å²) in [4.78, 5) is 13.8. The minimum Gasteiger partial charge on any atom is -0.339 e. The molecule has 0 aliphatic heterocycles. The minimum absolute atomic E-state index is 0.00902. The van der Waals surface area contributed by atoms with Crippen LogP contribution < -0.4 is 4.72 Å². The number of amides is 1. The molecule has 22 heavy (non-hydrogen) atoms. The van der Waals surface area contributed by atoms with Gasteiger partial charge in [0, 0.05) is 30.5 Å². The summed E-state index contributed by atoms with van der Waals surface area (Å²) in [5, 5.41) is 0. The molecule has 1 aliphatic rings. The number of rotatable bonds is 6. The summed E-state index contributed by atoms with van der Waals surface area (Å²) >= 11 is 3.28. The van der Waals surface area contributed by atoms with Gasteiger partial charge in [-0.25, -0.2) is 13.1 Å². The van der Waals surface area contributed by atoms with Gasteiger partial charge in [0.05, 0.1) is 4.90 Å². The first-order valence-corrected chi connectivity index (χ1v) is 9.70. The Morgan fingerprint density at radius 1 is 1.27 bits per heavy atom. The van der Waals surface area contributed by atoms with Crippen LogP contribution >= 0.6 is 15.9 Å². The largest absolute Gasteiger partial charge is 0.339 e. The number of sulfonamides is 1. The lowest BCUT2D eigenvalue weighted by molar-refractivity contribution is -0.130. The van der Waals surface area contributed by atoms with Gasteiger partial charge in [-0.1, -0.05) is 28.8 Å². The Bertz CT molecular complexity index is 610. The van der Waals surface area contributed by atoms with Gasteiger partial charge in [0.15, 0.2) is 0 Å². The molecule has 0 spiro atoms. The SMILES string of the molecule is CC(=O)N(CCNS(=O)(=O)c1ccc(Br)cc1)C1CCCC1. The fraction of sp³-hybridized carbons (Fsp3) is 0.533. The average molecular weight is 389 g/mol. The van der Waals surface area contributed by atoms with Crippen molar-refractivity contribution in [1.82, 2.24) is 9.62 Å². The third-order valence-corrected chi connectivity index (χ3v) is 5.94. The Kier molecular flexibility index (Phi) is 6.00. The Hall–Kier alpha value is -0.920. The molecule has 1 saturated carbocycles. The number of carbonyl (C=O) groups is 1. The molecule has 5 nitrogen and oxygen atoms in total. The highest BCUT2D eigenvalue weighted by Crippen LogP contribution is 2.23. The van der Waals surface area contributed by atoms with Crippen LogP contribution in [0.1, 0.15) is 32.6 Å².